The summed E-state index contributed by atoms with van der Waals surface area (Å²) < 4.78 is 17.3. The number of ether oxygens (including phenoxy) is 1. The van der Waals surface area contributed by atoms with Crippen LogP contribution in [0.15, 0.2) is 12.1 Å². The maximum absolute atomic E-state index is 12.0. The van der Waals surface area contributed by atoms with Crippen LogP contribution in [0.2, 0.25) is 0 Å². The molecule has 0 aliphatic rings. The number of halogens is 2. The third-order valence-electron chi connectivity index (χ3n) is 2.00. The van der Waals surface area contributed by atoms with Gasteiger partial charge in [0, 0.05) is 5.33 Å². The number of alkyl halides is 2. The Hall–Kier alpha value is -0.570. The fourth-order valence-corrected chi connectivity index (χ4v) is 1.81. The average molecular weight is 261 g/mol. The smallest absolute Gasteiger partial charge is 0.125 e. The topological polar surface area (TPSA) is 9.23 Å². The number of aryl methyl sites for hydroxylation is 2. The van der Waals surface area contributed by atoms with E-state index in [1.54, 1.807) is 0 Å². The second-order valence-electron chi connectivity index (χ2n) is 3.23. The van der Waals surface area contributed by atoms with Crippen LogP contribution >= 0.6 is 15.9 Å². The molecular formula is C11H14BrFO. The molecule has 0 heterocycles. The van der Waals surface area contributed by atoms with E-state index in [0.717, 1.165) is 22.2 Å². The highest BCUT2D eigenvalue weighted by atomic mass is 79.9. The predicted molar refractivity (Wildman–Crippen MR) is 60.0 cm³/mol. The molecule has 0 N–H and O–H groups in total. The molecule has 0 radical (unpaired) electrons. The highest BCUT2D eigenvalue weighted by Gasteiger charge is 2.05. The summed E-state index contributed by atoms with van der Waals surface area (Å²) >= 11 is 3.40. The molecule has 0 unspecified atom stereocenters. The van der Waals surface area contributed by atoms with Crippen LogP contribution in [0.3, 0.4) is 0 Å². The molecule has 0 spiro atoms. The minimum Gasteiger partial charge on any atom is -0.490 e. The zero-order chi connectivity index (χ0) is 10.6. The van der Waals surface area contributed by atoms with Crippen LogP contribution < -0.4 is 4.74 Å². The summed E-state index contributed by atoms with van der Waals surface area (Å²) in [6, 6.07) is 4.10. The Bertz CT molecular complexity index is 289. The maximum Gasteiger partial charge on any atom is 0.125 e. The molecule has 0 bridgehead atoms. The van der Waals surface area contributed by atoms with E-state index in [1.165, 1.54) is 5.56 Å². The van der Waals surface area contributed by atoms with Crippen LogP contribution in [0.25, 0.3) is 0 Å². The lowest BCUT2D eigenvalue weighted by molar-refractivity contribution is 0.270. The van der Waals surface area contributed by atoms with E-state index in [0.29, 0.717) is 0 Å². The minimum atomic E-state index is -0.445. The zero-order valence-corrected chi connectivity index (χ0v) is 10.0. The highest BCUT2D eigenvalue weighted by molar-refractivity contribution is 9.08. The fraction of sp³-hybridized carbons (Fsp3) is 0.455. The lowest BCUT2D eigenvalue weighted by atomic mass is 10.1. The van der Waals surface area contributed by atoms with Crippen molar-refractivity contribution in [1.29, 1.82) is 0 Å². The first-order valence-electron chi connectivity index (χ1n) is 4.54. The Balaban J connectivity index is 2.93. The van der Waals surface area contributed by atoms with E-state index >= 15 is 0 Å². The molecule has 0 amide bonds. The molecule has 1 aromatic rings. The number of benzene rings is 1. The van der Waals surface area contributed by atoms with Gasteiger partial charge in [0.2, 0.25) is 0 Å². The van der Waals surface area contributed by atoms with Crippen LogP contribution in [0, 0.1) is 13.8 Å². The summed E-state index contributed by atoms with van der Waals surface area (Å²) in [6.07, 6.45) is 0. The molecule has 0 aliphatic carbocycles. The normalized spacial score (nSPS) is 10.3. The molecule has 1 aromatic carbocycles. The summed E-state index contributed by atoms with van der Waals surface area (Å²) in [5, 5.41) is 0.831. The third kappa shape index (κ3) is 2.71. The predicted octanol–water partition coefficient (Wildman–Crippen LogP) is 3.55. The van der Waals surface area contributed by atoms with Crippen molar-refractivity contribution in [3.05, 3.63) is 28.8 Å². The van der Waals surface area contributed by atoms with Crippen molar-refractivity contribution in [3.8, 4) is 5.75 Å². The van der Waals surface area contributed by atoms with Gasteiger partial charge in [-0.25, -0.2) is 4.39 Å². The molecule has 1 nitrogen and oxygen atoms in total. The first kappa shape index (κ1) is 11.5. The van der Waals surface area contributed by atoms with Gasteiger partial charge < -0.3 is 4.74 Å². The summed E-state index contributed by atoms with van der Waals surface area (Å²) in [6.45, 7) is 3.65. The van der Waals surface area contributed by atoms with Gasteiger partial charge in [-0.1, -0.05) is 28.1 Å². The van der Waals surface area contributed by atoms with Crippen LogP contribution in [-0.2, 0) is 5.33 Å². The Morgan fingerprint density at radius 3 is 2.29 bits per heavy atom. The Morgan fingerprint density at radius 1 is 1.29 bits per heavy atom. The summed E-state index contributed by atoms with van der Waals surface area (Å²) in [4.78, 5) is 0. The maximum atomic E-state index is 12.0. The van der Waals surface area contributed by atoms with Crippen molar-refractivity contribution in [1.82, 2.24) is 0 Å². The lowest BCUT2D eigenvalue weighted by Gasteiger charge is -2.12. The van der Waals surface area contributed by atoms with Gasteiger partial charge in [-0.15, -0.1) is 0 Å². The molecule has 0 saturated carbocycles. The van der Waals surface area contributed by atoms with Gasteiger partial charge in [-0.2, -0.15) is 0 Å². The van der Waals surface area contributed by atoms with Crippen molar-refractivity contribution in [3.63, 3.8) is 0 Å². The third-order valence-corrected chi connectivity index (χ3v) is 2.65. The standard InChI is InChI=1S/C11H14BrFO/c1-8-5-10(7-12)6-9(2)11(8)14-4-3-13/h5-6H,3-4,7H2,1-2H3. The molecular weight excluding hydrogens is 247 g/mol. The zero-order valence-electron chi connectivity index (χ0n) is 8.44. The van der Waals surface area contributed by atoms with E-state index in [-0.39, 0.29) is 6.61 Å². The van der Waals surface area contributed by atoms with Gasteiger partial charge in [0.1, 0.15) is 19.0 Å². The largest absolute Gasteiger partial charge is 0.490 e. The van der Waals surface area contributed by atoms with Crippen LogP contribution in [0.1, 0.15) is 16.7 Å². The van der Waals surface area contributed by atoms with Crippen molar-refractivity contribution in [2.24, 2.45) is 0 Å². The average Bonchev–Trinajstić information content (AvgIpc) is 2.16. The second kappa shape index (κ2) is 5.35. The van der Waals surface area contributed by atoms with Gasteiger partial charge in [0.15, 0.2) is 0 Å². The molecule has 3 heteroatoms. The Labute approximate surface area is 92.4 Å². The molecule has 0 aromatic heterocycles. The van der Waals surface area contributed by atoms with Crippen molar-refractivity contribution in [2.75, 3.05) is 13.3 Å². The van der Waals surface area contributed by atoms with E-state index in [1.807, 2.05) is 13.8 Å². The fourth-order valence-electron chi connectivity index (χ4n) is 1.49. The molecule has 0 saturated heterocycles. The van der Waals surface area contributed by atoms with Gasteiger partial charge in [-0.3, -0.25) is 0 Å². The summed E-state index contributed by atoms with van der Waals surface area (Å²) in [7, 11) is 0. The Kier molecular flexibility index (Phi) is 4.39. The summed E-state index contributed by atoms with van der Waals surface area (Å²) in [5.74, 6) is 0.812. The molecule has 14 heavy (non-hydrogen) atoms. The van der Waals surface area contributed by atoms with Crippen molar-refractivity contribution < 1.29 is 9.13 Å². The first-order valence-corrected chi connectivity index (χ1v) is 5.66. The van der Waals surface area contributed by atoms with Crippen LogP contribution in [0.5, 0.6) is 5.75 Å². The lowest BCUT2D eigenvalue weighted by Crippen LogP contribution is -2.02. The highest BCUT2D eigenvalue weighted by Crippen LogP contribution is 2.25. The molecule has 0 fully saturated rings. The molecule has 1 rings (SSSR count). The van der Waals surface area contributed by atoms with Gasteiger partial charge in [0.05, 0.1) is 0 Å². The quantitative estimate of drug-likeness (QED) is 0.753. The van der Waals surface area contributed by atoms with E-state index in [9.17, 15) is 4.39 Å². The van der Waals surface area contributed by atoms with Gasteiger partial charge >= 0.3 is 0 Å². The molecule has 0 atom stereocenters. The van der Waals surface area contributed by atoms with Gasteiger partial charge in [0.25, 0.3) is 0 Å². The minimum absolute atomic E-state index is 0.134. The molecule has 78 valence electrons. The first-order chi connectivity index (χ1) is 6.69. The monoisotopic (exact) mass is 260 g/mol. The van der Waals surface area contributed by atoms with Crippen LogP contribution in [0.4, 0.5) is 4.39 Å². The number of hydrogen-bond donors (Lipinski definition) is 0. The Morgan fingerprint density at radius 2 is 1.86 bits per heavy atom. The van der Waals surface area contributed by atoms with Crippen LogP contribution in [-0.4, -0.2) is 13.3 Å². The number of rotatable bonds is 4. The van der Waals surface area contributed by atoms with Gasteiger partial charge in [-0.05, 0) is 30.5 Å². The van der Waals surface area contributed by atoms with E-state index in [2.05, 4.69) is 28.1 Å². The van der Waals surface area contributed by atoms with Crippen molar-refractivity contribution in [2.45, 2.75) is 19.2 Å². The van der Waals surface area contributed by atoms with E-state index < -0.39 is 6.67 Å². The SMILES string of the molecule is Cc1cc(CBr)cc(C)c1OCCF. The second-order valence-corrected chi connectivity index (χ2v) is 3.79. The van der Waals surface area contributed by atoms with Crippen molar-refractivity contribution >= 4 is 15.9 Å². The molecule has 0 aliphatic heterocycles. The summed E-state index contributed by atoms with van der Waals surface area (Å²) in [5.41, 5.74) is 3.34. The number of hydrogen-bond acceptors (Lipinski definition) is 1. The van der Waals surface area contributed by atoms with E-state index in [4.69, 9.17) is 4.74 Å².